The van der Waals surface area contributed by atoms with Crippen LogP contribution in [0.5, 0.6) is 11.5 Å². The minimum atomic E-state index is -0.629. The van der Waals surface area contributed by atoms with Crippen molar-refractivity contribution >= 4 is 23.2 Å². The van der Waals surface area contributed by atoms with Crippen LogP contribution in [0.1, 0.15) is 22.3 Å². The molecule has 1 heterocycles. The first-order valence-corrected chi connectivity index (χ1v) is 7.98. The fourth-order valence-corrected chi connectivity index (χ4v) is 2.84. The number of hydrogen-bond acceptors (Lipinski definition) is 4. The highest BCUT2D eigenvalue weighted by molar-refractivity contribution is 6.34. The summed E-state index contributed by atoms with van der Waals surface area (Å²) in [5.74, 6) is 0.140. The number of benzene rings is 2. The zero-order chi connectivity index (χ0) is 18.0. The summed E-state index contributed by atoms with van der Waals surface area (Å²) < 4.78 is 24.1. The number of hydrogen-bond donors (Lipinski definition) is 0. The van der Waals surface area contributed by atoms with Gasteiger partial charge in [-0.3, -0.25) is 4.79 Å². The highest BCUT2D eigenvalue weighted by Crippen LogP contribution is 2.29. The van der Waals surface area contributed by atoms with Crippen LogP contribution in [0.2, 0.25) is 5.02 Å². The van der Waals surface area contributed by atoms with Gasteiger partial charge in [0.05, 0.1) is 37.1 Å². The molecule has 1 amide bonds. The van der Waals surface area contributed by atoms with E-state index in [4.69, 9.17) is 21.1 Å². The Kier molecular flexibility index (Phi) is 4.90. The van der Waals surface area contributed by atoms with Gasteiger partial charge in [-0.05, 0) is 30.3 Å². The summed E-state index contributed by atoms with van der Waals surface area (Å²) in [4.78, 5) is 12.5. The van der Waals surface area contributed by atoms with Gasteiger partial charge in [0.25, 0.3) is 5.91 Å². The first-order valence-electron chi connectivity index (χ1n) is 7.61. The number of halogens is 2. The lowest BCUT2D eigenvalue weighted by atomic mass is 10.1. The topological polar surface area (TPSA) is 51.1 Å². The summed E-state index contributed by atoms with van der Waals surface area (Å²) in [5.41, 5.74) is 1.67. The highest BCUT2D eigenvalue weighted by Gasteiger charge is 2.25. The molecular formula is C18H16ClFN2O3. The molecule has 0 saturated carbocycles. The smallest absolute Gasteiger partial charge is 0.275 e. The number of carbonyl (C=O) groups is 1. The molecular weight excluding hydrogens is 347 g/mol. The number of rotatable bonds is 4. The van der Waals surface area contributed by atoms with Gasteiger partial charge < -0.3 is 9.47 Å². The van der Waals surface area contributed by atoms with E-state index < -0.39 is 11.7 Å². The zero-order valence-electron chi connectivity index (χ0n) is 13.8. The monoisotopic (exact) mass is 362 g/mol. The summed E-state index contributed by atoms with van der Waals surface area (Å²) in [7, 11) is 3.12. The Hall–Kier alpha value is -2.60. The lowest BCUT2D eigenvalue weighted by molar-refractivity contribution is 0.0778. The Morgan fingerprint density at radius 1 is 1.20 bits per heavy atom. The Morgan fingerprint density at radius 2 is 1.96 bits per heavy atom. The van der Waals surface area contributed by atoms with E-state index >= 15 is 0 Å². The van der Waals surface area contributed by atoms with E-state index in [1.54, 1.807) is 26.4 Å². The van der Waals surface area contributed by atoms with Crippen LogP contribution < -0.4 is 9.47 Å². The molecule has 0 fully saturated rings. The maximum Gasteiger partial charge on any atom is 0.275 e. The van der Waals surface area contributed by atoms with Crippen molar-refractivity contribution < 1.29 is 18.7 Å². The van der Waals surface area contributed by atoms with Gasteiger partial charge in [0.15, 0.2) is 11.5 Å². The van der Waals surface area contributed by atoms with Crippen LogP contribution in [0, 0.1) is 5.82 Å². The molecule has 0 spiro atoms. The van der Waals surface area contributed by atoms with Crippen molar-refractivity contribution in [3.63, 3.8) is 0 Å². The molecule has 0 radical (unpaired) electrons. The number of amides is 1. The van der Waals surface area contributed by atoms with Crippen LogP contribution >= 0.6 is 11.6 Å². The van der Waals surface area contributed by atoms with Gasteiger partial charge in [0.1, 0.15) is 5.82 Å². The quantitative estimate of drug-likeness (QED) is 0.832. The average Bonchev–Trinajstić information content (AvgIpc) is 3.13. The fourth-order valence-electron chi connectivity index (χ4n) is 2.63. The third-order valence-electron chi connectivity index (χ3n) is 3.94. The first-order chi connectivity index (χ1) is 12.0. The second-order valence-electron chi connectivity index (χ2n) is 5.40. The molecule has 3 rings (SSSR count). The minimum Gasteiger partial charge on any atom is -0.493 e. The standard InChI is InChI=1S/C18H16ClFN2O3/c1-24-15-7-6-11(10-16(15)25-2)14-8-9-22(21-14)18(23)12-4-3-5-13(20)17(12)19/h3-7,10H,8-9H2,1-2H3. The first kappa shape index (κ1) is 17.2. The second-order valence-corrected chi connectivity index (χ2v) is 5.77. The molecule has 0 aliphatic carbocycles. The molecule has 25 heavy (non-hydrogen) atoms. The predicted octanol–water partition coefficient (Wildman–Crippen LogP) is 3.75. The van der Waals surface area contributed by atoms with Gasteiger partial charge in [0, 0.05) is 12.0 Å². The summed E-state index contributed by atoms with van der Waals surface area (Å²) >= 11 is 5.89. The molecule has 2 aromatic carbocycles. The summed E-state index contributed by atoms with van der Waals surface area (Å²) in [5, 5.41) is 5.47. The average molecular weight is 363 g/mol. The van der Waals surface area contributed by atoms with Crippen LogP contribution in [0.15, 0.2) is 41.5 Å². The van der Waals surface area contributed by atoms with Crippen LogP contribution in [0.3, 0.4) is 0 Å². The molecule has 0 saturated heterocycles. The van der Waals surface area contributed by atoms with Gasteiger partial charge >= 0.3 is 0 Å². The van der Waals surface area contributed by atoms with E-state index in [2.05, 4.69) is 5.10 Å². The highest BCUT2D eigenvalue weighted by atomic mass is 35.5. The number of methoxy groups -OCH3 is 2. The normalized spacial score (nSPS) is 13.6. The van der Waals surface area contributed by atoms with Crippen molar-refractivity contribution in [2.24, 2.45) is 5.10 Å². The number of ether oxygens (including phenoxy) is 2. The van der Waals surface area contributed by atoms with Gasteiger partial charge in [-0.2, -0.15) is 5.10 Å². The van der Waals surface area contributed by atoms with Crippen LogP contribution in [0.4, 0.5) is 4.39 Å². The van der Waals surface area contributed by atoms with E-state index in [9.17, 15) is 9.18 Å². The molecule has 0 atom stereocenters. The Bertz CT molecular complexity index is 854. The molecule has 130 valence electrons. The van der Waals surface area contributed by atoms with E-state index in [0.717, 1.165) is 11.3 Å². The van der Waals surface area contributed by atoms with E-state index in [0.29, 0.717) is 24.5 Å². The van der Waals surface area contributed by atoms with Crippen molar-refractivity contribution in [2.75, 3.05) is 20.8 Å². The maximum absolute atomic E-state index is 13.6. The van der Waals surface area contributed by atoms with Crippen LogP contribution in [-0.4, -0.2) is 37.4 Å². The Balaban J connectivity index is 1.87. The molecule has 5 nitrogen and oxygen atoms in total. The summed E-state index contributed by atoms with van der Waals surface area (Å²) in [6, 6.07) is 9.58. The van der Waals surface area contributed by atoms with Crippen molar-refractivity contribution in [3.05, 3.63) is 58.4 Å². The van der Waals surface area contributed by atoms with Crippen LogP contribution in [0.25, 0.3) is 0 Å². The van der Waals surface area contributed by atoms with Crippen molar-refractivity contribution in [1.82, 2.24) is 5.01 Å². The molecule has 1 aliphatic rings. The minimum absolute atomic E-state index is 0.0963. The third-order valence-corrected chi connectivity index (χ3v) is 4.32. The van der Waals surface area contributed by atoms with Gasteiger partial charge in [-0.25, -0.2) is 9.40 Å². The molecule has 0 bridgehead atoms. The Labute approximate surface area is 149 Å². The Morgan fingerprint density at radius 3 is 2.68 bits per heavy atom. The number of carbonyl (C=O) groups excluding carboxylic acids is 1. The van der Waals surface area contributed by atoms with Gasteiger partial charge in [-0.1, -0.05) is 17.7 Å². The van der Waals surface area contributed by atoms with Gasteiger partial charge in [0.2, 0.25) is 0 Å². The van der Waals surface area contributed by atoms with E-state index in [-0.39, 0.29) is 10.6 Å². The summed E-state index contributed by atoms with van der Waals surface area (Å²) in [6.07, 6.45) is 0.578. The largest absolute Gasteiger partial charge is 0.493 e. The van der Waals surface area contributed by atoms with Crippen molar-refractivity contribution in [3.8, 4) is 11.5 Å². The maximum atomic E-state index is 13.6. The molecule has 0 aromatic heterocycles. The number of hydrazone groups is 1. The van der Waals surface area contributed by atoms with Crippen molar-refractivity contribution in [1.29, 1.82) is 0 Å². The molecule has 1 aliphatic heterocycles. The predicted molar refractivity (Wildman–Crippen MR) is 93.1 cm³/mol. The number of nitrogens with zero attached hydrogens (tertiary/aromatic N) is 2. The zero-order valence-corrected chi connectivity index (χ0v) is 14.5. The molecule has 0 N–H and O–H groups in total. The fraction of sp³-hybridized carbons (Fsp3) is 0.222. The van der Waals surface area contributed by atoms with E-state index in [1.807, 2.05) is 6.07 Å². The molecule has 0 unspecified atom stereocenters. The molecule has 7 heteroatoms. The lowest BCUT2D eigenvalue weighted by Crippen LogP contribution is -2.23. The third kappa shape index (κ3) is 3.30. The van der Waals surface area contributed by atoms with Crippen molar-refractivity contribution in [2.45, 2.75) is 6.42 Å². The van der Waals surface area contributed by atoms with E-state index in [1.165, 1.54) is 23.2 Å². The van der Waals surface area contributed by atoms with Gasteiger partial charge in [-0.15, -0.1) is 0 Å². The SMILES string of the molecule is COc1ccc(C2=NN(C(=O)c3cccc(F)c3Cl)CC2)cc1OC. The van der Waals surface area contributed by atoms with Crippen LogP contribution in [-0.2, 0) is 0 Å². The lowest BCUT2D eigenvalue weighted by Gasteiger charge is -2.12. The molecule has 2 aromatic rings. The summed E-state index contributed by atoms with van der Waals surface area (Å²) in [6.45, 7) is 0.398. The second kappa shape index (κ2) is 7.11.